The molecule has 1 aromatic heterocycles. The second-order valence-electron chi connectivity index (χ2n) is 5.31. The molecule has 0 bridgehead atoms. The molecule has 0 spiro atoms. The van der Waals surface area contributed by atoms with E-state index in [1.165, 1.54) is 4.88 Å². The molecule has 0 saturated carbocycles. The van der Waals surface area contributed by atoms with Crippen LogP contribution >= 0.6 is 11.3 Å². The number of nitrogens with one attached hydrogen (secondary N) is 1. The molecule has 0 aliphatic carbocycles. The van der Waals surface area contributed by atoms with Gasteiger partial charge in [-0.2, -0.15) is 0 Å². The van der Waals surface area contributed by atoms with Gasteiger partial charge in [0.05, 0.1) is 6.54 Å². The van der Waals surface area contributed by atoms with Gasteiger partial charge >= 0.3 is 0 Å². The van der Waals surface area contributed by atoms with Crippen molar-refractivity contribution < 1.29 is 4.79 Å². The summed E-state index contributed by atoms with van der Waals surface area (Å²) in [6.45, 7) is 6.70. The van der Waals surface area contributed by atoms with E-state index in [2.05, 4.69) is 42.6 Å². The number of carbonyl (C=O) groups excluding carboxylic acids is 1. The standard InChI is InChI=1S/C14H23N3OS/c1-11(2)16(3)7-5-8-17-13(18)10-15-14(17)12-6-4-9-19-12/h4,6,9,11,14-15H,5,7-8,10H2,1-3H3. The molecule has 2 rings (SSSR count). The van der Waals surface area contributed by atoms with E-state index in [0.717, 1.165) is 19.5 Å². The summed E-state index contributed by atoms with van der Waals surface area (Å²) in [5, 5.41) is 5.35. The first-order chi connectivity index (χ1) is 9.09. The maximum Gasteiger partial charge on any atom is 0.238 e. The van der Waals surface area contributed by atoms with Gasteiger partial charge in [0.15, 0.2) is 0 Å². The van der Waals surface area contributed by atoms with E-state index < -0.39 is 0 Å². The molecule has 4 nitrogen and oxygen atoms in total. The van der Waals surface area contributed by atoms with Crippen molar-refractivity contribution in [2.45, 2.75) is 32.5 Å². The monoisotopic (exact) mass is 281 g/mol. The fraction of sp³-hybridized carbons (Fsp3) is 0.643. The summed E-state index contributed by atoms with van der Waals surface area (Å²) in [5.41, 5.74) is 0. The summed E-state index contributed by atoms with van der Waals surface area (Å²) >= 11 is 1.70. The number of amides is 1. The van der Waals surface area contributed by atoms with Crippen molar-refractivity contribution in [1.29, 1.82) is 0 Å². The molecule has 1 atom stereocenters. The van der Waals surface area contributed by atoms with Crippen LogP contribution in [0.15, 0.2) is 17.5 Å². The lowest BCUT2D eigenvalue weighted by molar-refractivity contribution is -0.128. The Hall–Kier alpha value is -0.910. The summed E-state index contributed by atoms with van der Waals surface area (Å²) in [4.78, 5) is 17.5. The van der Waals surface area contributed by atoms with Crippen molar-refractivity contribution in [3.05, 3.63) is 22.4 Å². The summed E-state index contributed by atoms with van der Waals surface area (Å²) < 4.78 is 0. The highest BCUT2D eigenvalue weighted by Gasteiger charge is 2.31. The molecule has 1 aromatic rings. The van der Waals surface area contributed by atoms with Crippen LogP contribution in [0.25, 0.3) is 0 Å². The molecule has 1 amide bonds. The third kappa shape index (κ3) is 3.55. The van der Waals surface area contributed by atoms with E-state index in [9.17, 15) is 4.79 Å². The minimum Gasteiger partial charge on any atom is -0.321 e. The number of rotatable bonds is 6. The first-order valence-corrected chi connectivity index (χ1v) is 7.74. The first kappa shape index (κ1) is 14.5. The predicted molar refractivity (Wildman–Crippen MR) is 79.2 cm³/mol. The van der Waals surface area contributed by atoms with Gasteiger partial charge < -0.3 is 9.80 Å². The van der Waals surface area contributed by atoms with Gasteiger partial charge in [0.2, 0.25) is 5.91 Å². The Kier molecular flexibility index (Phi) is 4.96. The van der Waals surface area contributed by atoms with Gasteiger partial charge in [-0.15, -0.1) is 11.3 Å². The van der Waals surface area contributed by atoms with E-state index in [0.29, 0.717) is 12.6 Å². The van der Waals surface area contributed by atoms with Gasteiger partial charge in [-0.3, -0.25) is 10.1 Å². The molecule has 0 radical (unpaired) electrons. The third-order valence-corrected chi connectivity index (χ3v) is 4.61. The Morgan fingerprint density at radius 1 is 1.58 bits per heavy atom. The van der Waals surface area contributed by atoms with Crippen molar-refractivity contribution >= 4 is 17.2 Å². The van der Waals surface area contributed by atoms with Crippen LogP contribution in [0.3, 0.4) is 0 Å². The molecular formula is C14H23N3OS. The average molecular weight is 281 g/mol. The normalized spacial score (nSPS) is 19.9. The molecule has 2 heterocycles. The molecule has 1 aliphatic heterocycles. The highest BCUT2D eigenvalue weighted by molar-refractivity contribution is 7.10. The number of thiophene rings is 1. The van der Waals surface area contributed by atoms with E-state index in [1.807, 2.05) is 11.0 Å². The molecule has 1 saturated heterocycles. The van der Waals surface area contributed by atoms with Crippen molar-refractivity contribution in [1.82, 2.24) is 15.1 Å². The zero-order chi connectivity index (χ0) is 13.8. The topological polar surface area (TPSA) is 35.6 Å². The summed E-state index contributed by atoms with van der Waals surface area (Å²) in [7, 11) is 2.13. The van der Waals surface area contributed by atoms with Crippen LogP contribution in [0, 0.1) is 0 Å². The molecule has 1 N–H and O–H groups in total. The number of carbonyl (C=O) groups is 1. The Bertz CT molecular complexity index is 405. The third-order valence-electron chi connectivity index (χ3n) is 3.68. The summed E-state index contributed by atoms with van der Waals surface area (Å²) in [6.07, 6.45) is 1.10. The molecule has 0 aromatic carbocycles. The van der Waals surface area contributed by atoms with Gasteiger partial charge in [0.1, 0.15) is 6.17 Å². The molecular weight excluding hydrogens is 258 g/mol. The maximum absolute atomic E-state index is 11.9. The van der Waals surface area contributed by atoms with Crippen LogP contribution < -0.4 is 5.32 Å². The van der Waals surface area contributed by atoms with Crippen LogP contribution in [-0.4, -0.2) is 48.4 Å². The van der Waals surface area contributed by atoms with Crippen molar-refractivity contribution in [2.24, 2.45) is 0 Å². The quantitative estimate of drug-likeness (QED) is 0.865. The van der Waals surface area contributed by atoms with Crippen LogP contribution in [0.4, 0.5) is 0 Å². The van der Waals surface area contributed by atoms with Crippen molar-refractivity contribution in [3.8, 4) is 0 Å². The minimum absolute atomic E-state index is 0.0804. The second-order valence-corrected chi connectivity index (χ2v) is 6.29. The van der Waals surface area contributed by atoms with Crippen LogP contribution in [0.1, 0.15) is 31.3 Å². The van der Waals surface area contributed by atoms with Gasteiger partial charge in [-0.1, -0.05) is 6.07 Å². The highest BCUT2D eigenvalue weighted by atomic mass is 32.1. The fourth-order valence-electron chi connectivity index (χ4n) is 2.24. The summed E-state index contributed by atoms with van der Waals surface area (Å²) in [6, 6.07) is 4.68. The first-order valence-electron chi connectivity index (χ1n) is 6.86. The lowest BCUT2D eigenvalue weighted by Gasteiger charge is -2.26. The minimum atomic E-state index is 0.0804. The zero-order valence-electron chi connectivity index (χ0n) is 11.9. The second kappa shape index (κ2) is 6.50. The summed E-state index contributed by atoms with van der Waals surface area (Å²) in [5.74, 6) is 0.214. The van der Waals surface area contributed by atoms with Crippen LogP contribution in [0.2, 0.25) is 0 Å². The molecule has 1 fully saturated rings. The molecule has 1 aliphatic rings. The molecule has 5 heteroatoms. The van der Waals surface area contributed by atoms with Crippen LogP contribution in [0.5, 0.6) is 0 Å². The lowest BCUT2D eigenvalue weighted by atomic mass is 10.3. The Morgan fingerprint density at radius 2 is 2.37 bits per heavy atom. The number of hydrogen-bond donors (Lipinski definition) is 1. The number of hydrogen-bond acceptors (Lipinski definition) is 4. The Balaban J connectivity index is 1.88. The predicted octanol–water partition coefficient (Wildman–Crippen LogP) is 1.91. The largest absolute Gasteiger partial charge is 0.321 e. The molecule has 1 unspecified atom stereocenters. The smallest absolute Gasteiger partial charge is 0.238 e. The maximum atomic E-state index is 11.9. The van der Waals surface area contributed by atoms with Crippen molar-refractivity contribution in [3.63, 3.8) is 0 Å². The zero-order valence-corrected chi connectivity index (χ0v) is 12.7. The van der Waals surface area contributed by atoms with Gasteiger partial charge in [-0.25, -0.2) is 0 Å². The Morgan fingerprint density at radius 3 is 3.00 bits per heavy atom. The van der Waals surface area contributed by atoms with Gasteiger partial charge in [0, 0.05) is 17.5 Å². The lowest BCUT2D eigenvalue weighted by Crippen LogP contribution is -2.34. The van der Waals surface area contributed by atoms with Gasteiger partial charge in [0.25, 0.3) is 0 Å². The van der Waals surface area contributed by atoms with E-state index in [1.54, 1.807) is 11.3 Å². The van der Waals surface area contributed by atoms with Crippen LogP contribution in [-0.2, 0) is 4.79 Å². The van der Waals surface area contributed by atoms with E-state index in [4.69, 9.17) is 0 Å². The van der Waals surface area contributed by atoms with Gasteiger partial charge in [-0.05, 0) is 45.3 Å². The SMILES string of the molecule is CC(C)N(C)CCCN1C(=O)CNC1c1cccs1. The average Bonchev–Trinajstić information content (AvgIpc) is 2.99. The highest BCUT2D eigenvalue weighted by Crippen LogP contribution is 2.26. The number of nitrogens with zero attached hydrogens (tertiary/aromatic N) is 2. The van der Waals surface area contributed by atoms with E-state index in [-0.39, 0.29) is 12.1 Å². The molecule has 106 valence electrons. The Labute approximate surface area is 119 Å². The fourth-order valence-corrected chi connectivity index (χ4v) is 3.05. The van der Waals surface area contributed by atoms with Crippen molar-refractivity contribution in [2.75, 3.05) is 26.7 Å². The van der Waals surface area contributed by atoms with E-state index >= 15 is 0 Å². The molecule has 19 heavy (non-hydrogen) atoms.